The Morgan fingerprint density at radius 1 is 1.00 bits per heavy atom. The number of imidazole rings is 1. The molecular weight excluding hydrogens is 266 g/mol. The van der Waals surface area contributed by atoms with Gasteiger partial charge in [-0.2, -0.15) is 0 Å². The molecule has 0 aliphatic rings. The van der Waals surface area contributed by atoms with Gasteiger partial charge >= 0.3 is 0 Å². The topological polar surface area (TPSA) is 62.3 Å². The van der Waals surface area contributed by atoms with Gasteiger partial charge in [0.2, 0.25) is 5.95 Å². The molecule has 2 N–H and O–H groups in total. The van der Waals surface area contributed by atoms with Crippen LogP contribution in [0.15, 0.2) is 36.4 Å². The molecule has 0 amide bonds. The second-order valence-electron chi connectivity index (χ2n) is 4.81. The minimum atomic E-state index is 0.450. The number of aromatic nitrogens is 2. The lowest BCUT2D eigenvalue weighted by atomic mass is 10.2. The zero-order valence-electron chi connectivity index (χ0n) is 12.3. The van der Waals surface area contributed by atoms with E-state index in [4.69, 9.17) is 15.2 Å². The molecule has 5 heteroatoms. The summed E-state index contributed by atoms with van der Waals surface area (Å²) in [5, 5.41) is 0. The molecule has 0 aliphatic carbocycles. The number of nitrogens with zero attached hydrogens (tertiary/aromatic N) is 2. The van der Waals surface area contributed by atoms with Crippen LogP contribution in [0.1, 0.15) is 5.56 Å². The Kier molecular flexibility index (Phi) is 3.17. The molecule has 0 atom stereocenters. The predicted molar refractivity (Wildman–Crippen MR) is 83.3 cm³/mol. The van der Waals surface area contributed by atoms with Crippen LogP contribution >= 0.6 is 0 Å². The number of hydrogen-bond acceptors (Lipinski definition) is 4. The molecule has 108 valence electrons. The first-order valence-electron chi connectivity index (χ1n) is 6.61. The highest BCUT2D eigenvalue weighted by Crippen LogP contribution is 2.29. The number of hydrogen-bond donors (Lipinski definition) is 1. The van der Waals surface area contributed by atoms with Crippen molar-refractivity contribution in [3.63, 3.8) is 0 Å². The monoisotopic (exact) mass is 283 g/mol. The van der Waals surface area contributed by atoms with Gasteiger partial charge in [-0.15, -0.1) is 0 Å². The number of ether oxygens (including phenoxy) is 2. The third-order valence-electron chi connectivity index (χ3n) is 3.53. The molecular formula is C16H17N3O2. The summed E-state index contributed by atoms with van der Waals surface area (Å²) >= 11 is 0. The van der Waals surface area contributed by atoms with Crippen LogP contribution in [0, 0.1) is 6.92 Å². The van der Waals surface area contributed by atoms with Gasteiger partial charge in [-0.1, -0.05) is 0 Å². The van der Waals surface area contributed by atoms with Gasteiger partial charge in [-0.3, -0.25) is 4.57 Å². The Hall–Kier alpha value is -2.69. The quantitative estimate of drug-likeness (QED) is 0.802. The van der Waals surface area contributed by atoms with E-state index in [2.05, 4.69) is 4.98 Å². The van der Waals surface area contributed by atoms with Gasteiger partial charge in [0.25, 0.3) is 0 Å². The maximum atomic E-state index is 6.10. The highest BCUT2D eigenvalue weighted by Gasteiger charge is 2.13. The normalized spacial score (nSPS) is 10.8. The van der Waals surface area contributed by atoms with Gasteiger partial charge < -0.3 is 15.2 Å². The summed E-state index contributed by atoms with van der Waals surface area (Å²) < 4.78 is 12.4. The molecule has 0 fully saturated rings. The molecule has 0 saturated carbocycles. The van der Waals surface area contributed by atoms with Gasteiger partial charge in [-0.05, 0) is 42.8 Å². The standard InChI is InChI=1S/C16H17N3O2/c1-10-8-11(20-2)4-6-14(10)19-15-7-5-12(21-3)9-13(15)18-16(19)17/h4-9H,1-3H3,(H2,17,18). The molecule has 0 bridgehead atoms. The zero-order valence-corrected chi connectivity index (χ0v) is 12.3. The van der Waals surface area contributed by atoms with Crippen LogP contribution in [0.3, 0.4) is 0 Å². The summed E-state index contributed by atoms with van der Waals surface area (Å²) in [5.41, 5.74) is 9.90. The second kappa shape index (κ2) is 5.01. The number of nitrogen functional groups attached to an aromatic ring is 1. The van der Waals surface area contributed by atoms with Crippen molar-refractivity contribution in [3.05, 3.63) is 42.0 Å². The van der Waals surface area contributed by atoms with Crippen LogP contribution in [0.25, 0.3) is 16.7 Å². The SMILES string of the molecule is COc1ccc(-n2c(N)nc3cc(OC)ccc32)c(C)c1. The Balaban J connectivity index is 2.22. The summed E-state index contributed by atoms with van der Waals surface area (Å²) in [6, 6.07) is 11.6. The first-order chi connectivity index (χ1) is 10.1. The number of anilines is 1. The Morgan fingerprint density at radius 3 is 2.33 bits per heavy atom. The fourth-order valence-corrected chi connectivity index (χ4v) is 2.46. The predicted octanol–water partition coefficient (Wildman–Crippen LogP) is 2.93. The van der Waals surface area contributed by atoms with Crippen molar-refractivity contribution in [2.75, 3.05) is 20.0 Å². The molecule has 3 rings (SSSR count). The van der Waals surface area contributed by atoms with E-state index in [-0.39, 0.29) is 0 Å². The van der Waals surface area contributed by atoms with Gasteiger partial charge in [0.1, 0.15) is 11.5 Å². The Morgan fingerprint density at radius 2 is 1.67 bits per heavy atom. The molecule has 0 radical (unpaired) electrons. The van der Waals surface area contributed by atoms with Crippen molar-refractivity contribution < 1.29 is 9.47 Å². The van der Waals surface area contributed by atoms with E-state index in [0.29, 0.717) is 5.95 Å². The van der Waals surface area contributed by atoms with Crippen LogP contribution in [0.4, 0.5) is 5.95 Å². The number of benzene rings is 2. The van der Waals surface area contributed by atoms with Crippen LogP contribution in [0.5, 0.6) is 11.5 Å². The Bertz CT molecular complexity index is 809. The van der Waals surface area contributed by atoms with E-state index in [1.54, 1.807) is 14.2 Å². The van der Waals surface area contributed by atoms with Crippen molar-refractivity contribution >= 4 is 17.0 Å². The maximum absolute atomic E-state index is 6.10. The van der Waals surface area contributed by atoms with E-state index < -0.39 is 0 Å². The van der Waals surface area contributed by atoms with Crippen LogP contribution < -0.4 is 15.2 Å². The van der Waals surface area contributed by atoms with Crippen LogP contribution in [0.2, 0.25) is 0 Å². The van der Waals surface area contributed by atoms with Gasteiger partial charge in [-0.25, -0.2) is 4.98 Å². The minimum Gasteiger partial charge on any atom is -0.497 e. The molecule has 3 aromatic rings. The minimum absolute atomic E-state index is 0.450. The number of methoxy groups -OCH3 is 2. The molecule has 0 unspecified atom stereocenters. The lowest BCUT2D eigenvalue weighted by Gasteiger charge is -2.11. The van der Waals surface area contributed by atoms with Crippen molar-refractivity contribution in [3.8, 4) is 17.2 Å². The molecule has 0 spiro atoms. The second-order valence-corrected chi connectivity index (χ2v) is 4.81. The van der Waals surface area contributed by atoms with Crippen molar-refractivity contribution in [1.82, 2.24) is 9.55 Å². The van der Waals surface area contributed by atoms with Gasteiger partial charge in [0, 0.05) is 6.07 Å². The third kappa shape index (κ3) is 2.16. The average molecular weight is 283 g/mol. The summed E-state index contributed by atoms with van der Waals surface area (Å²) in [7, 11) is 3.29. The highest BCUT2D eigenvalue weighted by atomic mass is 16.5. The van der Waals surface area contributed by atoms with Crippen LogP contribution in [-0.2, 0) is 0 Å². The first kappa shape index (κ1) is 13.3. The largest absolute Gasteiger partial charge is 0.497 e. The molecule has 0 aliphatic heterocycles. The highest BCUT2D eigenvalue weighted by molar-refractivity contribution is 5.82. The van der Waals surface area contributed by atoms with Crippen molar-refractivity contribution in [1.29, 1.82) is 0 Å². The summed E-state index contributed by atoms with van der Waals surface area (Å²) in [5.74, 6) is 2.03. The average Bonchev–Trinajstić information content (AvgIpc) is 2.82. The van der Waals surface area contributed by atoms with Crippen molar-refractivity contribution in [2.24, 2.45) is 0 Å². The fraction of sp³-hybridized carbons (Fsp3) is 0.188. The lowest BCUT2D eigenvalue weighted by Crippen LogP contribution is -2.02. The molecule has 21 heavy (non-hydrogen) atoms. The summed E-state index contributed by atoms with van der Waals surface area (Å²) in [6.45, 7) is 2.02. The van der Waals surface area contributed by atoms with Crippen molar-refractivity contribution in [2.45, 2.75) is 6.92 Å². The molecule has 1 heterocycles. The molecule has 1 aromatic heterocycles. The first-order valence-corrected chi connectivity index (χ1v) is 6.61. The van der Waals surface area contributed by atoms with E-state index in [9.17, 15) is 0 Å². The fourth-order valence-electron chi connectivity index (χ4n) is 2.46. The van der Waals surface area contributed by atoms with Gasteiger partial charge in [0.05, 0.1) is 30.9 Å². The Labute approximate surface area is 122 Å². The van der Waals surface area contributed by atoms with E-state index in [1.165, 1.54) is 0 Å². The van der Waals surface area contributed by atoms with Gasteiger partial charge in [0.15, 0.2) is 0 Å². The maximum Gasteiger partial charge on any atom is 0.205 e. The summed E-state index contributed by atoms with van der Waals surface area (Å²) in [4.78, 5) is 4.41. The number of fused-ring (bicyclic) bond motifs is 1. The third-order valence-corrected chi connectivity index (χ3v) is 3.53. The molecule has 5 nitrogen and oxygen atoms in total. The zero-order chi connectivity index (χ0) is 15.0. The number of nitrogens with two attached hydrogens (primary N) is 1. The van der Waals surface area contributed by atoms with Crippen LogP contribution in [-0.4, -0.2) is 23.8 Å². The number of aryl methyl sites for hydroxylation is 1. The van der Waals surface area contributed by atoms with E-state index in [1.807, 2.05) is 47.9 Å². The number of rotatable bonds is 3. The summed E-state index contributed by atoms with van der Waals surface area (Å²) in [6.07, 6.45) is 0. The smallest absolute Gasteiger partial charge is 0.205 e. The van der Waals surface area contributed by atoms with E-state index >= 15 is 0 Å². The molecule has 2 aromatic carbocycles. The molecule has 0 saturated heterocycles. The van der Waals surface area contributed by atoms with E-state index in [0.717, 1.165) is 33.8 Å². The lowest BCUT2D eigenvalue weighted by molar-refractivity contribution is 0.414.